The molecule has 1 aromatic carbocycles. The summed E-state index contributed by atoms with van der Waals surface area (Å²) in [6, 6.07) is 11.2. The first-order valence-corrected chi connectivity index (χ1v) is 8.28. The molecular formula is C19H22N2O4. The Bertz CT molecular complexity index is 721. The van der Waals surface area contributed by atoms with Gasteiger partial charge in [0.1, 0.15) is 0 Å². The van der Waals surface area contributed by atoms with Crippen LogP contribution in [0, 0.1) is 0 Å². The third-order valence-corrected chi connectivity index (χ3v) is 4.35. The summed E-state index contributed by atoms with van der Waals surface area (Å²) in [5.74, 6) is 1.77. The Morgan fingerprint density at radius 1 is 1.20 bits per heavy atom. The minimum Gasteiger partial charge on any atom is -0.493 e. The molecule has 2 aromatic rings. The van der Waals surface area contributed by atoms with E-state index >= 15 is 0 Å². The van der Waals surface area contributed by atoms with Gasteiger partial charge in [-0.15, -0.1) is 0 Å². The highest BCUT2D eigenvalue weighted by atomic mass is 16.5. The van der Waals surface area contributed by atoms with Crippen molar-refractivity contribution in [3.63, 3.8) is 0 Å². The normalized spacial score (nSPS) is 16.6. The second-order valence-corrected chi connectivity index (χ2v) is 5.82. The Balaban J connectivity index is 1.70. The number of methoxy groups -OCH3 is 2. The van der Waals surface area contributed by atoms with Gasteiger partial charge in [0.05, 0.1) is 20.3 Å². The third kappa shape index (κ3) is 3.84. The lowest BCUT2D eigenvalue weighted by Crippen LogP contribution is -2.34. The van der Waals surface area contributed by atoms with Crippen molar-refractivity contribution in [2.24, 2.45) is 0 Å². The van der Waals surface area contributed by atoms with E-state index in [0.717, 1.165) is 24.9 Å². The molecular weight excluding hydrogens is 320 g/mol. The molecule has 0 saturated carbocycles. The first-order chi connectivity index (χ1) is 12.2. The maximum Gasteiger partial charge on any atom is 0.261 e. The molecule has 6 heteroatoms. The molecule has 3 rings (SSSR count). The first-order valence-electron chi connectivity index (χ1n) is 8.28. The zero-order chi connectivity index (χ0) is 17.6. The van der Waals surface area contributed by atoms with E-state index in [0.29, 0.717) is 17.4 Å². The number of rotatable bonds is 6. The minimum atomic E-state index is -0.0389. The largest absolute Gasteiger partial charge is 0.493 e. The van der Waals surface area contributed by atoms with Gasteiger partial charge < -0.3 is 19.1 Å². The lowest BCUT2D eigenvalue weighted by atomic mass is 10.0. The Labute approximate surface area is 147 Å². The van der Waals surface area contributed by atoms with Crippen LogP contribution in [-0.4, -0.2) is 43.2 Å². The molecule has 132 valence electrons. The number of benzene rings is 1. The summed E-state index contributed by atoms with van der Waals surface area (Å²) >= 11 is 0. The number of nitrogens with zero attached hydrogens (tertiary/aromatic N) is 2. The van der Waals surface area contributed by atoms with Crippen LogP contribution in [0.2, 0.25) is 0 Å². The van der Waals surface area contributed by atoms with E-state index in [1.807, 2.05) is 35.2 Å². The zero-order valence-electron chi connectivity index (χ0n) is 14.5. The van der Waals surface area contributed by atoms with Crippen LogP contribution in [0.1, 0.15) is 24.4 Å². The van der Waals surface area contributed by atoms with Crippen molar-refractivity contribution in [1.82, 2.24) is 9.88 Å². The molecule has 1 aliphatic rings. The molecule has 0 bridgehead atoms. The summed E-state index contributed by atoms with van der Waals surface area (Å²) in [5, 5.41) is 0. The van der Waals surface area contributed by atoms with Crippen molar-refractivity contribution >= 4 is 5.91 Å². The molecule has 0 radical (unpaired) electrons. The number of ether oxygens (including phenoxy) is 3. The number of likely N-dealkylation sites (tertiary alicyclic amines) is 1. The molecule has 1 unspecified atom stereocenters. The fraction of sp³-hybridized carbons (Fsp3) is 0.368. The van der Waals surface area contributed by atoms with Crippen LogP contribution in [0.4, 0.5) is 0 Å². The fourth-order valence-corrected chi connectivity index (χ4v) is 3.12. The van der Waals surface area contributed by atoms with Crippen LogP contribution in [0.5, 0.6) is 17.4 Å². The van der Waals surface area contributed by atoms with Crippen LogP contribution in [0.25, 0.3) is 0 Å². The van der Waals surface area contributed by atoms with Crippen molar-refractivity contribution < 1.29 is 19.0 Å². The van der Waals surface area contributed by atoms with Gasteiger partial charge >= 0.3 is 0 Å². The molecule has 1 aromatic heterocycles. The smallest absolute Gasteiger partial charge is 0.261 e. The lowest BCUT2D eigenvalue weighted by Gasteiger charge is -2.25. The molecule has 1 aliphatic heterocycles. The van der Waals surface area contributed by atoms with E-state index in [-0.39, 0.29) is 18.6 Å². The lowest BCUT2D eigenvalue weighted by molar-refractivity contribution is -0.134. The Morgan fingerprint density at radius 3 is 2.76 bits per heavy atom. The molecule has 1 atom stereocenters. The number of aromatic nitrogens is 1. The van der Waals surface area contributed by atoms with Crippen molar-refractivity contribution in [1.29, 1.82) is 0 Å². The van der Waals surface area contributed by atoms with Gasteiger partial charge in [0.25, 0.3) is 5.91 Å². The summed E-state index contributed by atoms with van der Waals surface area (Å²) in [5.41, 5.74) is 1.04. The summed E-state index contributed by atoms with van der Waals surface area (Å²) < 4.78 is 16.2. The molecule has 2 heterocycles. The number of hydrogen-bond acceptors (Lipinski definition) is 5. The zero-order valence-corrected chi connectivity index (χ0v) is 14.5. The monoisotopic (exact) mass is 342 g/mol. The summed E-state index contributed by atoms with van der Waals surface area (Å²) in [7, 11) is 3.22. The number of carbonyl (C=O) groups is 1. The number of hydrogen-bond donors (Lipinski definition) is 0. The van der Waals surface area contributed by atoms with Gasteiger partial charge in [0.2, 0.25) is 5.88 Å². The molecule has 1 amide bonds. The Hall–Kier alpha value is -2.76. The van der Waals surface area contributed by atoms with E-state index in [4.69, 9.17) is 14.2 Å². The van der Waals surface area contributed by atoms with E-state index in [1.54, 1.807) is 26.5 Å². The quantitative estimate of drug-likeness (QED) is 0.808. The van der Waals surface area contributed by atoms with Crippen molar-refractivity contribution in [3.8, 4) is 17.4 Å². The highest BCUT2D eigenvalue weighted by Crippen LogP contribution is 2.36. The number of pyridine rings is 1. The van der Waals surface area contributed by atoms with Crippen molar-refractivity contribution in [2.75, 3.05) is 27.4 Å². The Kier molecular flexibility index (Phi) is 5.38. The average Bonchev–Trinajstić information content (AvgIpc) is 3.16. The van der Waals surface area contributed by atoms with Gasteiger partial charge in [-0.3, -0.25) is 4.79 Å². The van der Waals surface area contributed by atoms with E-state index in [2.05, 4.69) is 4.98 Å². The fourth-order valence-electron chi connectivity index (χ4n) is 3.12. The maximum absolute atomic E-state index is 12.6. The predicted octanol–water partition coefficient (Wildman–Crippen LogP) is 2.84. The highest BCUT2D eigenvalue weighted by molar-refractivity contribution is 5.78. The van der Waals surface area contributed by atoms with Crippen LogP contribution >= 0.6 is 0 Å². The molecule has 0 aliphatic carbocycles. The van der Waals surface area contributed by atoms with Gasteiger partial charge in [-0.25, -0.2) is 4.98 Å². The summed E-state index contributed by atoms with van der Waals surface area (Å²) in [6.07, 6.45) is 3.53. The molecule has 1 fully saturated rings. The highest BCUT2D eigenvalue weighted by Gasteiger charge is 2.30. The SMILES string of the molecule is COc1ccc(C2CCCN2C(=O)COc2ccccn2)cc1OC. The molecule has 25 heavy (non-hydrogen) atoms. The van der Waals surface area contributed by atoms with Crippen molar-refractivity contribution in [2.45, 2.75) is 18.9 Å². The average molecular weight is 342 g/mol. The summed E-state index contributed by atoms with van der Waals surface area (Å²) in [4.78, 5) is 18.5. The van der Waals surface area contributed by atoms with Crippen LogP contribution in [0.3, 0.4) is 0 Å². The van der Waals surface area contributed by atoms with Gasteiger partial charge in [0, 0.05) is 18.8 Å². The second-order valence-electron chi connectivity index (χ2n) is 5.82. The molecule has 1 saturated heterocycles. The van der Waals surface area contributed by atoms with E-state index in [9.17, 15) is 4.79 Å². The molecule has 0 spiro atoms. The first kappa shape index (κ1) is 17.1. The van der Waals surface area contributed by atoms with E-state index in [1.165, 1.54) is 0 Å². The molecule has 0 N–H and O–H groups in total. The molecule has 6 nitrogen and oxygen atoms in total. The van der Waals surface area contributed by atoms with Crippen molar-refractivity contribution in [3.05, 3.63) is 48.2 Å². The van der Waals surface area contributed by atoms with Crippen LogP contribution < -0.4 is 14.2 Å². The summed E-state index contributed by atoms with van der Waals surface area (Å²) in [6.45, 7) is 0.713. The number of amides is 1. The van der Waals surface area contributed by atoms with Gasteiger partial charge in [0.15, 0.2) is 18.1 Å². The van der Waals surface area contributed by atoms with Gasteiger partial charge in [-0.2, -0.15) is 0 Å². The van der Waals surface area contributed by atoms with E-state index < -0.39 is 0 Å². The standard InChI is InChI=1S/C19H22N2O4/c1-23-16-9-8-14(12-17(16)24-2)15-6-5-11-21(15)19(22)13-25-18-7-3-4-10-20-18/h3-4,7-10,12,15H,5-6,11,13H2,1-2H3. The van der Waals surface area contributed by atoms with Gasteiger partial charge in [-0.1, -0.05) is 12.1 Å². The predicted molar refractivity (Wildman–Crippen MR) is 93.0 cm³/mol. The minimum absolute atomic E-state index is 0.0131. The van der Waals surface area contributed by atoms with Gasteiger partial charge in [-0.05, 0) is 36.6 Å². The van der Waals surface area contributed by atoms with Crippen LogP contribution in [0.15, 0.2) is 42.6 Å². The number of carbonyl (C=O) groups excluding carboxylic acids is 1. The Morgan fingerprint density at radius 2 is 2.04 bits per heavy atom. The third-order valence-electron chi connectivity index (χ3n) is 4.35. The van der Waals surface area contributed by atoms with Crippen LogP contribution in [-0.2, 0) is 4.79 Å². The second kappa shape index (κ2) is 7.88. The topological polar surface area (TPSA) is 60.9 Å². The maximum atomic E-state index is 12.6.